The quantitative estimate of drug-likeness (QED) is 0.870. The minimum atomic E-state index is -0.336. The van der Waals surface area contributed by atoms with E-state index in [4.69, 9.17) is 10.5 Å². The maximum Gasteiger partial charge on any atom is 0.163 e. The van der Waals surface area contributed by atoms with Crippen LogP contribution >= 0.6 is 0 Å². The van der Waals surface area contributed by atoms with Crippen LogP contribution in [0.1, 0.15) is 37.7 Å². The van der Waals surface area contributed by atoms with Crippen molar-refractivity contribution in [3.63, 3.8) is 0 Å². The third-order valence-electron chi connectivity index (χ3n) is 4.04. The number of methoxy groups -OCH3 is 1. The zero-order chi connectivity index (χ0) is 13.2. The lowest BCUT2D eigenvalue weighted by Crippen LogP contribution is -2.37. The highest BCUT2D eigenvalue weighted by atomic mass is 19.1. The van der Waals surface area contributed by atoms with Gasteiger partial charge in [-0.2, -0.15) is 0 Å². The van der Waals surface area contributed by atoms with Crippen molar-refractivity contribution >= 4 is 0 Å². The Kier molecular flexibility index (Phi) is 3.76. The third-order valence-corrected chi connectivity index (χ3v) is 4.04. The number of nitrogens with two attached hydrogens (primary N) is 1. The van der Waals surface area contributed by atoms with Crippen molar-refractivity contribution < 1.29 is 14.2 Å². The Balaban J connectivity index is 2.45. The lowest BCUT2D eigenvalue weighted by Gasteiger charge is -2.37. The van der Waals surface area contributed by atoms with Crippen LogP contribution in [0.4, 0.5) is 4.39 Å². The topological polar surface area (TPSA) is 55.5 Å². The number of benzene rings is 1. The van der Waals surface area contributed by atoms with Gasteiger partial charge in [0.25, 0.3) is 0 Å². The van der Waals surface area contributed by atoms with Gasteiger partial charge in [-0.1, -0.05) is 19.3 Å². The van der Waals surface area contributed by atoms with Gasteiger partial charge in [0.05, 0.1) is 7.11 Å². The van der Waals surface area contributed by atoms with Gasteiger partial charge < -0.3 is 15.6 Å². The molecule has 1 saturated carbocycles. The van der Waals surface area contributed by atoms with Gasteiger partial charge in [-0.15, -0.1) is 0 Å². The van der Waals surface area contributed by atoms with Gasteiger partial charge in [0, 0.05) is 18.0 Å². The Morgan fingerprint density at radius 2 is 2.00 bits per heavy atom. The molecule has 0 unspecified atom stereocenters. The SMILES string of the molecule is COc1cc(F)c(C2(CN)CCCCC2)cc1O. The predicted octanol–water partition coefficient (Wildman–Crippen LogP) is 2.70. The van der Waals surface area contributed by atoms with E-state index in [0.717, 1.165) is 25.7 Å². The second kappa shape index (κ2) is 5.14. The number of aromatic hydroxyl groups is 1. The lowest BCUT2D eigenvalue weighted by molar-refractivity contribution is 0.288. The van der Waals surface area contributed by atoms with Crippen LogP contribution in [-0.4, -0.2) is 18.8 Å². The molecule has 0 radical (unpaired) electrons. The first-order chi connectivity index (χ1) is 8.63. The van der Waals surface area contributed by atoms with Gasteiger partial charge >= 0.3 is 0 Å². The van der Waals surface area contributed by atoms with E-state index in [2.05, 4.69) is 0 Å². The summed E-state index contributed by atoms with van der Waals surface area (Å²) in [5.41, 5.74) is 6.08. The minimum absolute atomic E-state index is 0.0210. The van der Waals surface area contributed by atoms with E-state index in [-0.39, 0.29) is 22.7 Å². The van der Waals surface area contributed by atoms with Crippen molar-refractivity contribution in [3.05, 3.63) is 23.5 Å². The second-order valence-corrected chi connectivity index (χ2v) is 5.05. The number of phenolic OH excluding ortho intramolecular Hbond substituents is 1. The molecule has 100 valence electrons. The molecule has 4 heteroatoms. The molecule has 0 heterocycles. The first-order valence-electron chi connectivity index (χ1n) is 6.40. The van der Waals surface area contributed by atoms with Crippen LogP contribution in [0.15, 0.2) is 12.1 Å². The van der Waals surface area contributed by atoms with E-state index < -0.39 is 0 Å². The highest BCUT2D eigenvalue weighted by Crippen LogP contribution is 2.42. The number of ether oxygens (including phenoxy) is 1. The van der Waals surface area contributed by atoms with E-state index in [9.17, 15) is 9.50 Å². The van der Waals surface area contributed by atoms with Gasteiger partial charge in [-0.3, -0.25) is 0 Å². The molecule has 18 heavy (non-hydrogen) atoms. The monoisotopic (exact) mass is 253 g/mol. The van der Waals surface area contributed by atoms with E-state index >= 15 is 0 Å². The average molecular weight is 253 g/mol. The van der Waals surface area contributed by atoms with Crippen molar-refractivity contribution in [1.82, 2.24) is 0 Å². The number of phenols is 1. The van der Waals surface area contributed by atoms with Crippen LogP contribution in [0.5, 0.6) is 11.5 Å². The van der Waals surface area contributed by atoms with Crippen molar-refractivity contribution in [2.75, 3.05) is 13.7 Å². The Bertz CT molecular complexity index is 428. The first-order valence-corrected chi connectivity index (χ1v) is 6.40. The molecular formula is C14H20FNO2. The molecule has 1 aromatic rings. The summed E-state index contributed by atoms with van der Waals surface area (Å²) in [7, 11) is 1.41. The van der Waals surface area contributed by atoms with Gasteiger partial charge in [0.1, 0.15) is 5.82 Å². The van der Waals surface area contributed by atoms with Crippen molar-refractivity contribution in [2.45, 2.75) is 37.5 Å². The molecule has 3 N–H and O–H groups in total. The summed E-state index contributed by atoms with van der Waals surface area (Å²) in [6.07, 6.45) is 5.05. The summed E-state index contributed by atoms with van der Waals surface area (Å²) in [5.74, 6) is -0.191. The molecule has 0 saturated heterocycles. The largest absolute Gasteiger partial charge is 0.504 e. The predicted molar refractivity (Wildman–Crippen MR) is 68.4 cm³/mol. The summed E-state index contributed by atoms with van der Waals surface area (Å²) >= 11 is 0. The van der Waals surface area contributed by atoms with Crippen LogP contribution in [0.2, 0.25) is 0 Å². The number of rotatable bonds is 3. The minimum Gasteiger partial charge on any atom is -0.504 e. The van der Waals surface area contributed by atoms with E-state index in [1.165, 1.54) is 25.7 Å². The molecule has 0 spiro atoms. The first kappa shape index (κ1) is 13.1. The Labute approximate surface area is 107 Å². The normalized spacial score (nSPS) is 18.6. The van der Waals surface area contributed by atoms with E-state index in [1.807, 2.05) is 0 Å². The van der Waals surface area contributed by atoms with Gasteiger partial charge in [-0.25, -0.2) is 4.39 Å². The zero-order valence-electron chi connectivity index (χ0n) is 10.7. The molecule has 1 aliphatic rings. The molecule has 1 aliphatic carbocycles. The Morgan fingerprint density at radius 3 is 2.56 bits per heavy atom. The standard InChI is InChI=1S/C14H20FNO2/c1-18-13-8-11(15)10(7-12(13)17)14(9-16)5-3-2-4-6-14/h7-8,17H,2-6,9,16H2,1H3. The molecule has 0 atom stereocenters. The molecule has 2 rings (SSSR count). The van der Waals surface area contributed by atoms with Crippen LogP contribution in [0, 0.1) is 5.82 Å². The number of halogens is 1. The fraction of sp³-hybridized carbons (Fsp3) is 0.571. The van der Waals surface area contributed by atoms with Crippen molar-refractivity contribution in [1.29, 1.82) is 0 Å². The molecule has 0 aliphatic heterocycles. The fourth-order valence-electron chi connectivity index (χ4n) is 2.93. The molecule has 1 aromatic carbocycles. The van der Waals surface area contributed by atoms with Crippen molar-refractivity contribution in [3.8, 4) is 11.5 Å². The Hall–Kier alpha value is -1.29. The molecular weight excluding hydrogens is 233 g/mol. The molecule has 0 aromatic heterocycles. The second-order valence-electron chi connectivity index (χ2n) is 5.05. The summed E-state index contributed by atoms with van der Waals surface area (Å²) in [4.78, 5) is 0. The highest BCUT2D eigenvalue weighted by Gasteiger charge is 2.35. The van der Waals surface area contributed by atoms with Crippen molar-refractivity contribution in [2.24, 2.45) is 5.73 Å². The zero-order valence-corrected chi connectivity index (χ0v) is 10.7. The average Bonchev–Trinajstić information content (AvgIpc) is 2.41. The molecule has 3 nitrogen and oxygen atoms in total. The summed E-state index contributed by atoms with van der Waals surface area (Å²) < 4.78 is 19.1. The Morgan fingerprint density at radius 1 is 1.33 bits per heavy atom. The van der Waals surface area contributed by atoms with Crippen LogP contribution in [-0.2, 0) is 5.41 Å². The van der Waals surface area contributed by atoms with E-state index in [1.54, 1.807) is 0 Å². The highest BCUT2D eigenvalue weighted by molar-refractivity contribution is 5.45. The molecule has 0 bridgehead atoms. The van der Waals surface area contributed by atoms with Crippen LogP contribution in [0.25, 0.3) is 0 Å². The number of hydrogen-bond donors (Lipinski definition) is 2. The molecule has 1 fully saturated rings. The maximum absolute atomic E-state index is 14.2. The fourth-order valence-corrected chi connectivity index (χ4v) is 2.93. The van der Waals surface area contributed by atoms with E-state index in [0.29, 0.717) is 12.1 Å². The lowest BCUT2D eigenvalue weighted by atomic mass is 9.69. The number of hydrogen-bond acceptors (Lipinski definition) is 3. The van der Waals surface area contributed by atoms with Gasteiger partial charge in [0.2, 0.25) is 0 Å². The third kappa shape index (κ3) is 2.17. The summed E-state index contributed by atoms with van der Waals surface area (Å²) in [5, 5.41) is 9.82. The summed E-state index contributed by atoms with van der Waals surface area (Å²) in [6.45, 7) is 0.412. The maximum atomic E-state index is 14.2. The van der Waals surface area contributed by atoms with Crippen LogP contribution in [0.3, 0.4) is 0 Å². The van der Waals surface area contributed by atoms with Crippen LogP contribution < -0.4 is 10.5 Å². The summed E-state index contributed by atoms with van der Waals surface area (Å²) in [6, 6.07) is 2.73. The smallest absolute Gasteiger partial charge is 0.163 e. The van der Waals surface area contributed by atoms with Gasteiger partial charge in [0.15, 0.2) is 11.5 Å². The molecule has 0 amide bonds. The van der Waals surface area contributed by atoms with Gasteiger partial charge in [-0.05, 0) is 24.5 Å².